The SMILES string of the molecule is COc1cccc(NC(=O)CN(C)CC(=O)Nc2ccnn2C2CCCC2)c1. The van der Waals surface area contributed by atoms with E-state index >= 15 is 0 Å². The first kappa shape index (κ1) is 19.9. The van der Waals surface area contributed by atoms with Crippen LogP contribution < -0.4 is 15.4 Å². The molecule has 8 heteroatoms. The number of nitrogens with one attached hydrogen (secondary N) is 2. The fraction of sp³-hybridized carbons (Fsp3) is 0.450. The van der Waals surface area contributed by atoms with Crippen molar-refractivity contribution in [1.82, 2.24) is 14.7 Å². The van der Waals surface area contributed by atoms with Crippen LogP contribution in [0.5, 0.6) is 5.75 Å². The molecule has 1 aromatic carbocycles. The van der Waals surface area contributed by atoms with Crippen LogP contribution in [-0.2, 0) is 9.59 Å². The summed E-state index contributed by atoms with van der Waals surface area (Å²) in [7, 11) is 3.31. The average Bonchev–Trinajstić information content (AvgIpc) is 3.32. The molecule has 0 unspecified atom stereocenters. The number of ether oxygens (including phenoxy) is 1. The molecule has 2 N–H and O–H groups in total. The van der Waals surface area contributed by atoms with Gasteiger partial charge >= 0.3 is 0 Å². The van der Waals surface area contributed by atoms with Gasteiger partial charge < -0.3 is 15.4 Å². The van der Waals surface area contributed by atoms with Gasteiger partial charge in [-0.2, -0.15) is 5.10 Å². The van der Waals surface area contributed by atoms with Crippen LogP contribution in [0.15, 0.2) is 36.5 Å². The molecular weight excluding hydrogens is 358 g/mol. The third-order valence-electron chi connectivity index (χ3n) is 4.79. The van der Waals surface area contributed by atoms with E-state index in [9.17, 15) is 9.59 Å². The largest absolute Gasteiger partial charge is 0.497 e. The van der Waals surface area contributed by atoms with Crippen LogP contribution in [0.2, 0.25) is 0 Å². The van der Waals surface area contributed by atoms with Crippen molar-refractivity contribution < 1.29 is 14.3 Å². The van der Waals surface area contributed by atoms with E-state index in [-0.39, 0.29) is 24.9 Å². The Kier molecular flexibility index (Phi) is 6.65. The van der Waals surface area contributed by atoms with E-state index in [1.54, 1.807) is 43.5 Å². The lowest BCUT2D eigenvalue weighted by Gasteiger charge is -2.18. The Labute approximate surface area is 164 Å². The highest BCUT2D eigenvalue weighted by Crippen LogP contribution is 2.31. The van der Waals surface area contributed by atoms with E-state index in [0.717, 1.165) is 12.8 Å². The number of methoxy groups -OCH3 is 1. The maximum absolute atomic E-state index is 12.4. The van der Waals surface area contributed by atoms with Gasteiger partial charge in [-0.3, -0.25) is 14.5 Å². The summed E-state index contributed by atoms with van der Waals surface area (Å²) in [6, 6.07) is 9.32. The Balaban J connectivity index is 1.47. The summed E-state index contributed by atoms with van der Waals surface area (Å²) in [5.41, 5.74) is 0.655. The zero-order valence-electron chi connectivity index (χ0n) is 16.4. The van der Waals surface area contributed by atoms with Crippen molar-refractivity contribution >= 4 is 23.3 Å². The van der Waals surface area contributed by atoms with Crippen LogP contribution in [0.1, 0.15) is 31.7 Å². The zero-order chi connectivity index (χ0) is 19.9. The van der Waals surface area contributed by atoms with Crippen molar-refractivity contribution in [3.63, 3.8) is 0 Å². The second-order valence-corrected chi connectivity index (χ2v) is 7.10. The molecule has 0 spiro atoms. The number of carbonyl (C=O) groups excluding carboxylic acids is 2. The van der Waals surface area contributed by atoms with E-state index in [1.165, 1.54) is 12.8 Å². The normalized spacial score (nSPS) is 14.2. The summed E-state index contributed by atoms with van der Waals surface area (Å²) >= 11 is 0. The summed E-state index contributed by atoms with van der Waals surface area (Å²) in [5.74, 6) is 1.02. The molecule has 1 heterocycles. The first-order valence-electron chi connectivity index (χ1n) is 9.51. The zero-order valence-corrected chi connectivity index (χ0v) is 16.4. The molecule has 1 aliphatic carbocycles. The van der Waals surface area contributed by atoms with Crippen molar-refractivity contribution in [2.45, 2.75) is 31.7 Å². The van der Waals surface area contributed by atoms with E-state index in [4.69, 9.17) is 4.74 Å². The van der Waals surface area contributed by atoms with Gasteiger partial charge in [0.1, 0.15) is 11.6 Å². The van der Waals surface area contributed by atoms with E-state index in [1.807, 2.05) is 16.8 Å². The number of carbonyl (C=O) groups is 2. The van der Waals surface area contributed by atoms with Gasteiger partial charge in [0.2, 0.25) is 11.8 Å². The van der Waals surface area contributed by atoms with Crippen molar-refractivity contribution in [2.75, 3.05) is 37.9 Å². The van der Waals surface area contributed by atoms with Crippen molar-refractivity contribution in [3.05, 3.63) is 36.5 Å². The molecule has 28 heavy (non-hydrogen) atoms. The smallest absolute Gasteiger partial charge is 0.239 e. The number of likely N-dealkylation sites (N-methyl/N-ethyl adjacent to an activating group) is 1. The molecule has 3 rings (SSSR count). The number of amides is 2. The van der Waals surface area contributed by atoms with Crippen LogP contribution >= 0.6 is 0 Å². The topological polar surface area (TPSA) is 88.5 Å². The first-order valence-corrected chi connectivity index (χ1v) is 9.51. The van der Waals surface area contributed by atoms with Crippen LogP contribution in [0.3, 0.4) is 0 Å². The third kappa shape index (κ3) is 5.32. The summed E-state index contributed by atoms with van der Waals surface area (Å²) in [6.45, 7) is 0.216. The number of hydrogen-bond donors (Lipinski definition) is 2. The number of benzene rings is 1. The maximum atomic E-state index is 12.4. The second kappa shape index (κ2) is 9.36. The predicted molar refractivity (Wildman–Crippen MR) is 107 cm³/mol. The summed E-state index contributed by atoms with van der Waals surface area (Å²) in [4.78, 5) is 26.2. The molecule has 2 aromatic rings. The molecule has 150 valence electrons. The highest BCUT2D eigenvalue weighted by atomic mass is 16.5. The van der Waals surface area contributed by atoms with Gasteiger partial charge in [0.05, 0.1) is 32.4 Å². The van der Waals surface area contributed by atoms with Crippen LogP contribution in [0.4, 0.5) is 11.5 Å². The first-order chi connectivity index (χ1) is 13.5. The molecule has 2 amide bonds. The molecule has 8 nitrogen and oxygen atoms in total. The van der Waals surface area contributed by atoms with Crippen LogP contribution in [0.25, 0.3) is 0 Å². The van der Waals surface area contributed by atoms with Gasteiger partial charge in [-0.25, -0.2) is 4.68 Å². The minimum atomic E-state index is -0.195. The highest BCUT2D eigenvalue weighted by molar-refractivity contribution is 5.94. The second-order valence-electron chi connectivity index (χ2n) is 7.10. The molecule has 0 aliphatic heterocycles. The van der Waals surface area contributed by atoms with Crippen molar-refractivity contribution in [3.8, 4) is 5.75 Å². The summed E-state index contributed by atoms with van der Waals surface area (Å²) in [6.07, 6.45) is 6.29. The standard InChI is InChI=1S/C20H27N5O3/c1-24(13-19(26)22-15-6-5-9-17(12-15)28-2)14-20(27)23-18-10-11-21-25(18)16-7-3-4-8-16/h5-6,9-12,16H,3-4,7-8,13-14H2,1-2H3,(H,22,26)(H,23,27). The predicted octanol–water partition coefficient (Wildman–Crippen LogP) is 2.52. The molecule has 0 radical (unpaired) electrons. The maximum Gasteiger partial charge on any atom is 0.239 e. The molecule has 1 aromatic heterocycles. The minimum Gasteiger partial charge on any atom is -0.497 e. The fourth-order valence-electron chi connectivity index (χ4n) is 3.48. The lowest BCUT2D eigenvalue weighted by molar-refractivity contribution is -0.119. The van der Waals surface area contributed by atoms with Crippen LogP contribution in [-0.4, -0.2) is 53.7 Å². The quantitative estimate of drug-likeness (QED) is 0.729. The number of anilines is 2. The minimum absolute atomic E-state index is 0.104. The molecular formula is C20H27N5O3. The molecule has 0 bridgehead atoms. The Morgan fingerprint density at radius 2 is 1.89 bits per heavy atom. The van der Waals surface area contributed by atoms with E-state index in [2.05, 4.69) is 15.7 Å². The van der Waals surface area contributed by atoms with Gasteiger partial charge in [0, 0.05) is 17.8 Å². The third-order valence-corrected chi connectivity index (χ3v) is 4.79. The number of aromatic nitrogens is 2. The van der Waals surface area contributed by atoms with Gasteiger partial charge in [0.25, 0.3) is 0 Å². The van der Waals surface area contributed by atoms with Gasteiger partial charge in [0.15, 0.2) is 0 Å². The van der Waals surface area contributed by atoms with Crippen molar-refractivity contribution in [1.29, 1.82) is 0 Å². The Morgan fingerprint density at radius 3 is 2.61 bits per heavy atom. The molecule has 1 fully saturated rings. The van der Waals surface area contributed by atoms with Gasteiger partial charge in [-0.05, 0) is 32.0 Å². The fourth-order valence-corrected chi connectivity index (χ4v) is 3.48. The summed E-state index contributed by atoms with van der Waals surface area (Å²) in [5, 5.41) is 10.1. The van der Waals surface area contributed by atoms with Crippen LogP contribution in [0, 0.1) is 0 Å². The van der Waals surface area contributed by atoms with E-state index < -0.39 is 0 Å². The summed E-state index contributed by atoms with van der Waals surface area (Å²) < 4.78 is 7.05. The lowest BCUT2D eigenvalue weighted by atomic mass is 10.2. The van der Waals surface area contributed by atoms with Gasteiger partial charge in [-0.1, -0.05) is 18.9 Å². The van der Waals surface area contributed by atoms with Crippen molar-refractivity contribution in [2.24, 2.45) is 0 Å². The number of hydrogen-bond acceptors (Lipinski definition) is 5. The van der Waals surface area contributed by atoms with Gasteiger partial charge in [-0.15, -0.1) is 0 Å². The monoisotopic (exact) mass is 385 g/mol. The highest BCUT2D eigenvalue weighted by Gasteiger charge is 2.21. The number of nitrogens with zero attached hydrogens (tertiary/aromatic N) is 3. The molecule has 1 aliphatic rings. The Bertz CT molecular complexity index is 814. The van der Waals surface area contributed by atoms with E-state index in [0.29, 0.717) is 23.3 Å². The molecule has 1 saturated carbocycles. The lowest BCUT2D eigenvalue weighted by Crippen LogP contribution is -2.36. The molecule has 0 saturated heterocycles. The molecule has 0 atom stereocenters. The average molecular weight is 385 g/mol. The Morgan fingerprint density at radius 1 is 1.18 bits per heavy atom. The Hall–Kier alpha value is -2.87. The number of rotatable bonds is 8.